The van der Waals surface area contributed by atoms with Crippen LogP contribution in [0.4, 0.5) is 0 Å². The second kappa shape index (κ2) is 5.75. The molecular formula is C13H20O3. The smallest absolute Gasteiger partial charge is 0.123 e. The molecule has 0 saturated heterocycles. The highest BCUT2D eigenvalue weighted by Crippen LogP contribution is 2.22. The van der Waals surface area contributed by atoms with E-state index in [0.717, 1.165) is 11.5 Å². The van der Waals surface area contributed by atoms with E-state index in [4.69, 9.17) is 14.6 Å². The van der Waals surface area contributed by atoms with E-state index < -0.39 is 0 Å². The van der Waals surface area contributed by atoms with Gasteiger partial charge in [-0.05, 0) is 19.1 Å². The minimum absolute atomic E-state index is 0.109. The third-order valence-corrected chi connectivity index (χ3v) is 2.17. The van der Waals surface area contributed by atoms with E-state index in [0.29, 0.717) is 13.2 Å². The molecule has 0 fully saturated rings. The van der Waals surface area contributed by atoms with Gasteiger partial charge in [0.2, 0.25) is 0 Å². The quantitative estimate of drug-likeness (QED) is 0.806. The van der Waals surface area contributed by atoms with Gasteiger partial charge >= 0.3 is 0 Å². The van der Waals surface area contributed by atoms with Gasteiger partial charge in [0.25, 0.3) is 0 Å². The molecule has 0 amide bonds. The Morgan fingerprint density at radius 2 is 1.81 bits per heavy atom. The summed E-state index contributed by atoms with van der Waals surface area (Å²) >= 11 is 0. The van der Waals surface area contributed by atoms with E-state index in [1.165, 1.54) is 0 Å². The van der Waals surface area contributed by atoms with E-state index >= 15 is 0 Å². The molecule has 0 aliphatic carbocycles. The van der Waals surface area contributed by atoms with Gasteiger partial charge in [0.05, 0.1) is 19.8 Å². The van der Waals surface area contributed by atoms with Crippen LogP contribution in [-0.2, 0) is 0 Å². The molecule has 0 atom stereocenters. The van der Waals surface area contributed by atoms with Crippen LogP contribution in [0.15, 0.2) is 24.3 Å². The number of rotatable bonds is 6. The molecule has 0 unspecified atom stereocenters. The average Bonchev–Trinajstić information content (AvgIpc) is 2.28. The summed E-state index contributed by atoms with van der Waals surface area (Å²) < 4.78 is 11.0. The molecule has 16 heavy (non-hydrogen) atoms. The van der Waals surface area contributed by atoms with Gasteiger partial charge in [-0.15, -0.1) is 0 Å². The van der Waals surface area contributed by atoms with Crippen LogP contribution >= 0.6 is 0 Å². The van der Waals surface area contributed by atoms with E-state index in [1.54, 1.807) is 0 Å². The minimum Gasteiger partial charge on any atom is -0.494 e. The Labute approximate surface area is 97.0 Å². The number of benzene rings is 1. The fraction of sp³-hybridized carbons (Fsp3) is 0.538. The number of aliphatic hydroxyl groups is 1. The second-order valence-electron chi connectivity index (χ2n) is 4.52. The van der Waals surface area contributed by atoms with E-state index in [2.05, 4.69) is 0 Å². The average molecular weight is 224 g/mol. The van der Waals surface area contributed by atoms with Crippen molar-refractivity contribution < 1.29 is 14.6 Å². The highest BCUT2D eigenvalue weighted by molar-refractivity contribution is 5.32. The molecule has 1 aromatic carbocycles. The maximum absolute atomic E-state index is 9.11. The lowest BCUT2D eigenvalue weighted by molar-refractivity contribution is 0.0974. The highest BCUT2D eigenvalue weighted by atomic mass is 16.5. The predicted octanol–water partition coefficient (Wildman–Crippen LogP) is 2.48. The Morgan fingerprint density at radius 1 is 1.19 bits per heavy atom. The van der Waals surface area contributed by atoms with Crippen LogP contribution in [0.1, 0.15) is 20.8 Å². The Bertz CT molecular complexity index is 321. The zero-order valence-corrected chi connectivity index (χ0v) is 10.2. The van der Waals surface area contributed by atoms with Crippen LogP contribution in [-0.4, -0.2) is 24.9 Å². The lowest BCUT2D eigenvalue weighted by Gasteiger charge is -2.21. The molecule has 1 rings (SSSR count). The maximum Gasteiger partial charge on any atom is 0.123 e. The molecule has 0 saturated carbocycles. The SMILES string of the molecule is CCOc1cccc(OCC(C)(C)CO)c1. The molecular weight excluding hydrogens is 204 g/mol. The molecule has 0 spiro atoms. The normalized spacial score (nSPS) is 11.2. The summed E-state index contributed by atoms with van der Waals surface area (Å²) in [5, 5.41) is 9.11. The number of hydrogen-bond acceptors (Lipinski definition) is 3. The van der Waals surface area contributed by atoms with Gasteiger partial charge in [-0.2, -0.15) is 0 Å². The molecule has 3 heteroatoms. The lowest BCUT2D eigenvalue weighted by Crippen LogP contribution is -2.25. The molecule has 0 aliphatic heterocycles. The van der Waals surface area contributed by atoms with Crippen LogP contribution in [0.5, 0.6) is 11.5 Å². The van der Waals surface area contributed by atoms with Crippen molar-refractivity contribution in [1.82, 2.24) is 0 Å². The molecule has 1 N–H and O–H groups in total. The molecule has 0 aromatic heterocycles. The summed E-state index contributed by atoms with van der Waals surface area (Å²) in [5.41, 5.74) is -0.221. The third kappa shape index (κ3) is 4.11. The highest BCUT2D eigenvalue weighted by Gasteiger charge is 2.17. The summed E-state index contributed by atoms with van der Waals surface area (Å²) in [5.74, 6) is 1.58. The first-order chi connectivity index (χ1) is 7.57. The minimum atomic E-state index is -0.221. The monoisotopic (exact) mass is 224 g/mol. The van der Waals surface area contributed by atoms with Gasteiger partial charge < -0.3 is 14.6 Å². The Balaban J connectivity index is 2.57. The first kappa shape index (κ1) is 12.8. The molecule has 0 radical (unpaired) electrons. The summed E-state index contributed by atoms with van der Waals surface area (Å²) in [6, 6.07) is 7.53. The van der Waals surface area contributed by atoms with Gasteiger partial charge in [0, 0.05) is 11.5 Å². The molecule has 0 heterocycles. The zero-order valence-electron chi connectivity index (χ0n) is 10.2. The van der Waals surface area contributed by atoms with Crippen LogP contribution < -0.4 is 9.47 Å². The summed E-state index contributed by atoms with van der Waals surface area (Å²) in [4.78, 5) is 0. The van der Waals surface area contributed by atoms with Crippen molar-refractivity contribution in [3.8, 4) is 11.5 Å². The van der Waals surface area contributed by atoms with Gasteiger partial charge in [-0.1, -0.05) is 19.9 Å². The van der Waals surface area contributed by atoms with Crippen LogP contribution in [0.25, 0.3) is 0 Å². The largest absolute Gasteiger partial charge is 0.494 e. The lowest BCUT2D eigenvalue weighted by atomic mass is 9.97. The predicted molar refractivity (Wildman–Crippen MR) is 64.0 cm³/mol. The summed E-state index contributed by atoms with van der Waals surface area (Å²) in [6.45, 7) is 7.10. The molecule has 90 valence electrons. The van der Waals surface area contributed by atoms with Crippen molar-refractivity contribution >= 4 is 0 Å². The number of hydrogen-bond donors (Lipinski definition) is 1. The van der Waals surface area contributed by atoms with E-state index in [-0.39, 0.29) is 12.0 Å². The molecule has 0 aliphatic rings. The van der Waals surface area contributed by atoms with Crippen LogP contribution in [0, 0.1) is 5.41 Å². The van der Waals surface area contributed by atoms with Gasteiger partial charge in [0.15, 0.2) is 0 Å². The Morgan fingerprint density at radius 3 is 2.38 bits per heavy atom. The van der Waals surface area contributed by atoms with Crippen molar-refractivity contribution in [3.63, 3.8) is 0 Å². The van der Waals surface area contributed by atoms with Crippen LogP contribution in [0.3, 0.4) is 0 Å². The standard InChI is InChI=1S/C13H20O3/c1-4-15-11-6-5-7-12(8-11)16-10-13(2,3)9-14/h5-8,14H,4,9-10H2,1-3H3. The van der Waals surface area contributed by atoms with E-state index in [1.807, 2.05) is 45.0 Å². The Kier molecular flexibility index (Phi) is 4.62. The summed E-state index contributed by atoms with van der Waals surface area (Å²) in [7, 11) is 0. The van der Waals surface area contributed by atoms with Crippen LogP contribution in [0.2, 0.25) is 0 Å². The summed E-state index contributed by atoms with van der Waals surface area (Å²) in [6.07, 6.45) is 0. The number of aliphatic hydroxyl groups excluding tert-OH is 1. The Hall–Kier alpha value is -1.22. The van der Waals surface area contributed by atoms with Crippen molar-refractivity contribution in [2.45, 2.75) is 20.8 Å². The topological polar surface area (TPSA) is 38.7 Å². The van der Waals surface area contributed by atoms with Gasteiger partial charge in [-0.25, -0.2) is 0 Å². The van der Waals surface area contributed by atoms with Crippen molar-refractivity contribution in [3.05, 3.63) is 24.3 Å². The van der Waals surface area contributed by atoms with Crippen molar-refractivity contribution in [1.29, 1.82) is 0 Å². The van der Waals surface area contributed by atoms with Gasteiger partial charge in [-0.3, -0.25) is 0 Å². The first-order valence-electron chi connectivity index (χ1n) is 5.54. The van der Waals surface area contributed by atoms with Gasteiger partial charge in [0.1, 0.15) is 11.5 Å². The fourth-order valence-corrected chi connectivity index (χ4v) is 1.14. The number of ether oxygens (including phenoxy) is 2. The maximum atomic E-state index is 9.11. The molecule has 0 bridgehead atoms. The molecule has 3 nitrogen and oxygen atoms in total. The van der Waals surface area contributed by atoms with Crippen molar-refractivity contribution in [2.75, 3.05) is 19.8 Å². The molecule has 1 aromatic rings. The first-order valence-corrected chi connectivity index (χ1v) is 5.54. The van der Waals surface area contributed by atoms with E-state index in [9.17, 15) is 0 Å². The third-order valence-electron chi connectivity index (χ3n) is 2.17. The van der Waals surface area contributed by atoms with Crippen molar-refractivity contribution in [2.24, 2.45) is 5.41 Å². The fourth-order valence-electron chi connectivity index (χ4n) is 1.14. The zero-order chi connectivity index (χ0) is 12.0. The second-order valence-corrected chi connectivity index (χ2v) is 4.52.